The predicted molar refractivity (Wildman–Crippen MR) is 92.9 cm³/mol. The summed E-state index contributed by atoms with van der Waals surface area (Å²) in [6.45, 7) is 3.32. The van der Waals surface area contributed by atoms with Gasteiger partial charge < -0.3 is 19.9 Å². The minimum Gasteiger partial charge on any atom is -0.378 e. The number of ether oxygens (including phenoxy) is 1. The maximum atomic E-state index is 12.1. The van der Waals surface area contributed by atoms with E-state index in [2.05, 4.69) is 37.3 Å². The van der Waals surface area contributed by atoms with Gasteiger partial charge in [-0.3, -0.25) is 4.79 Å². The van der Waals surface area contributed by atoms with Crippen molar-refractivity contribution in [3.8, 4) is 0 Å². The molecule has 4 rings (SSSR count). The second-order valence-corrected chi connectivity index (χ2v) is 5.56. The number of nitrogens with one attached hydrogen (secondary N) is 2. The van der Waals surface area contributed by atoms with Crippen molar-refractivity contribution < 1.29 is 4.74 Å². The molecule has 3 aromatic rings. The lowest BCUT2D eigenvalue weighted by Crippen LogP contribution is -2.36. The smallest absolute Gasteiger partial charge is 0.262 e. The molecule has 0 atom stereocenters. The molecule has 1 aliphatic rings. The number of nitrogens with zero attached hydrogens (tertiary/aromatic N) is 3. The summed E-state index contributed by atoms with van der Waals surface area (Å²) >= 11 is 0. The van der Waals surface area contributed by atoms with Crippen molar-refractivity contribution >= 4 is 28.1 Å². The Morgan fingerprint density at radius 2 is 1.88 bits per heavy atom. The molecule has 1 aliphatic heterocycles. The third kappa shape index (κ3) is 2.81. The summed E-state index contributed by atoms with van der Waals surface area (Å²) in [6.07, 6.45) is 3.03. The number of H-pyrrole nitrogens is 1. The van der Waals surface area contributed by atoms with Crippen LogP contribution in [0.25, 0.3) is 10.9 Å². The summed E-state index contributed by atoms with van der Waals surface area (Å²) in [6, 6.07) is 9.80. The summed E-state index contributed by atoms with van der Waals surface area (Å²) in [5, 5.41) is 3.66. The average Bonchev–Trinajstić information content (AvgIpc) is 2.63. The van der Waals surface area contributed by atoms with E-state index in [1.807, 2.05) is 12.1 Å². The van der Waals surface area contributed by atoms with Gasteiger partial charge in [-0.15, -0.1) is 0 Å². The number of aromatic nitrogens is 3. The van der Waals surface area contributed by atoms with E-state index >= 15 is 0 Å². The first-order chi connectivity index (χ1) is 11.8. The van der Waals surface area contributed by atoms with E-state index < -0.39 is 0 Å². The Morgan fingerprint density at radius 3 is 2.67 bits per heavy atom. The van der Waals surface area contributed by atoms with Crippen LogP contribution in [0.3, 0.4) is 0 Å². The molecule has 24 heavy (non-hydrogen) atoms. The van der Waals surface area contributed by atoms with Gasteiger partial charge in [0.15, 0.2) is 0 Å². The molecule has 0 aliphatic carbocycles. The highest BCUT2D eigenvalue weighted by molar-refractivity contribution is 5.89. The molecule has 0 saturated carbocycles. The molecule has 0 radical (unpaired) electrons. The number of benzene rings is 1. The molecule has 1 fully saturated rings. The second kappa shape index (κ2) is 6.29. The minimum atomic E-state index is -0.208. The molecule has 3 heterocycles. The lowest BCUT2D eigenvalue weighted by Gasteiger charge is -2.28. The largest absolute Gasteiger partial charge is 0.378 e. The van der Waals surface area contributed by atoms with Crippen LogP contribution in [-0.4, -0.2) is 41.3 Å². The first kappa shape index (κ1) is 14.6. The van der Waals surface area contributed by atoms with Crippen LogP contribution in [0.5, 0.6) is 0 Å². The maximum absolute atomic E-state index is 12.1. The van der Waals surface area contributed by atoms with Gasteiger partial charge in [0.1, 0.15) is 11.2 Å². The zero-order valence-electron chi connectivity index (χ0n) is 13.0. The van der Waals surface area contributed by atoms with Crippen molar-refractivity contribution in [2.75, 3.05) is 36.5 Å². The summed E-state index contributed by atoms with van der Waals surface area (Å²) in [5.41, 5.74) is 2.44. The summed E-state index contributed by atoms with van der Waals surface area (Å²) < 4.78 is 5.38. The van der Waals surface area contributed by atoms with Crippen molar-refractivity contribution in [1.29, 1.82) is 0 Å². The summed E-state index contributed by atoms with van der Waals surface area (Å²) in [5.74, 6) is 0.501. The zero-order valence-corrected chi connectivity index (χ0v) is 13.0. The van der Waals surface area contributed by atoms with Gasteiger partial charge in [-0.2, -0.15) is 0 Å². The molecule has 0 bridgehead atoms. The fourth-order valence-corrected chi connectivity index (χ4v) is 2.82. The average molecular weight is 323 g/mol. The van der Waals surface area contributed by atoms with E-state index in [9.17, 15) is 4.79 Å². The molecule has 0 spiro atoms. The molecule has 7 heteroatoms. The van der Waals surface area contributed by atoms with E-state index in [-0.39, 0.29) is 5.56 Å². The van der Waals surface area contributed by atoms with E-state index in [1.54, 1.807) is 12.3 Å². The minimum absolute atomic E-state index is 0.208. The molecule has 2 aromatic heterocycles. The Morgan fingerprint density at radius 1 is 1.08 bits per heavy atom. The number of fused-ring (bicyclic) bond motifs is 1. The number of pyridine rings is 1. The normalized spacial score (nSPS) is 14.8. The highest BCUT2D eigenvalue weighted by Gasteiger charge is 2.11. The number of hydrogen-bond donors (Lipinski definition) is 2. The number of anilines is 3. The topological polar surface area (TPSA) is 83.1 Å². The van der Waals surface area contributed by atoms with Crippen LogP contribution in [0.15, 0.2) is 47.7 Å². The monoisotopic (exact) mass is 323 g/mol. The van der Waals surface area contributed by atoms with Gasteiger partial charge in [0, 0.05) is 30.7 Å². The van der Waals surface area contributed by atoms with E-state index in [1.165, 1.54) is 6.33 Å². The van der Waals surface area contributed by atoms with E-state index in [0.717, 1.165) is 37.7 Å². The van der Waals surface area contributed by atoms with Gasteiger partial charge in [0.25, 0.3) is 5.56 Å². The SMILES string of the molecule is O=c1[nH]cnc2ccnc(Nc3ccc(N4CCOCC4)cc3)c12. The van der Waals surface area contributed by atoms with Crippen molar-refractivity contribution in [2.24, 2.45) is 0 Å². The zero-order chi connectivity index (χ0) is 16.4. The molecule has 1 saturated heterocycles. The lowest BCUT2D eigenvalue weighted by molar-refractivity contribution is 0.122. The first-order valence-electron chi connectivity index (χ1n) is 7.83. The van der Waals surface area contributed by atoms with Crippen LogP contribution in [-0.2, 0) is 4.74 Å². The van der Waals surface area contributed by atoms with Gasteiger partial charge in [0.2, 0.25) is 0 Å². The molecule has 122 valence electrons. The highest BCUT2D eigenvalue weighted by atomic mass is 16.5. The lowest BCUT2D eigenvalue weighted by atomic mass is 10.2. The van der Waals surface area contributed by atoms with Crippen LogP contribution < -0.4 is 15.8 Å². The van der Waals surface area contributed by atoms with Gasteiger partial charge in [-0.05, 0) is 30.3 Å². The molecular weight excluding hydrogens is 306 g/mol. The molecule has 2 N–H and O–H groups in total. The Hall–Kier alpha value is -2.93. The van der Waals surface area contributed by atoms with Crippen molar-refractivity contribution in [3.63, 3.8) is 0 Å². The van der Waals surface area contributed by atoms with Gasteiger partial charge >= 0.3 is 0 Å². The van der Waals surface area contributed by atoms with Crippen LogP contribution in [0.1, 0.15) is 0 Å². The Balaban J connectivity index is 1.61. The Kier molecular flexibility index (Phi) is 3.84. The van der Waals surface area contributed by atoms with E-state index in [0.29, 0.717) is 16.7 Å². The quantitative estimate of drug-likeness (QED) is 0.766. The second-order valence-electron chi connectivity index (χ2n) is 5.56. The van der Waals surface area contributed by atoms with Crippen LogP contribution in [0, 0.1) is 0 Å². The van der Waals surface area contributed by atoms with Gasteiger partial charge in [0.05, 0.1) is 25.1 Å². The fraction of sp³-hybridized carbons (Fsp3) is 0.235. The number of rotatable bonds is 3. The Bertz CT molecular complexity index is 895. The summed E-state index contributed by atoms with van der Waals surface area (Å²) in [4.78, 5) is 25.4. The van der Waals surface area contributed by atoms with Crippen LogP contribution >= 0.6 is 0 Å². The molecule has 0 unspecified atom stereocenters. The van der Waals surface area contributed by atoms with Gasteiger partial charge in [-0.1, -0.05) is 0 Å². The number of hydrogen-bond acceptors (Lipinski definition) is 6. The highest BCUT2D eigenvalue weighted by Crippen LogP contribution is 2.23. The number of morpholine rings is 1. The maximum Gasteiger partial charge on any atom is 0.262 e. The standard InChI is InChI=1S/C17H17N5O2/c23-17-15-14(19-11-20-17)5-6-18-16(15)21-12-1-3-13(4-2-12)22-7-9-24-10-8-22/h1-6,11H,7-10H2,(H,18,21)(H,19,20,23). The van der Waals surface area contributed by atoms with Crippen LogP contribution in [0.4, 0.5) is 17.2 Å². The van der Waals surface area contributed by atoms with Crippen molar-refractivity contribution in [1.82, 2.24) is 15.0 Å². The molecule has 0 amide bonds. The predicted octanol–water partition coefficient (Wildman–Crippen LogP) is 1.90. The first-order valence-corrected chi connectivity index (χ1v) is 7.83. The van der Waals surface area contributed by atoms with Crippen LogP contribution in [0.2, 0.25) is 0 Å². The fourth-order valence-electron chi connectivity index (χ4n) is 2.82. The molecule has 1 aromatic carbocycles. The Labute approximate surface area is 138 Å². The molecular formula is C17H17N5O2. The summed E-state index contributed by atoms with van der Waals surface area (Å²) in [7, 11) is 0. The molecule has 7 nitrogen and oxygen atoms in total. The third-order valence-electron chi connectivity index (χ3n) is 4.06. The van der Waals surface area contributed by atoms with Crippen molar-refractivity contribution in [2.45, 2.75) is 0 Å². The van der Waals surface area contributed by atoms with Gasteiger partial charge in [-0.25, -0.2) is 9.97 Å². The number of aromatic amines is 1. The van der Waals surface area contributed by atoms with E-state index in [4.69, 9.17) is 4.74 Å². The third-order valence-corrected chi connectivity index (χ3v) is 4.06. The van der Waals surface area contributed by atoms with Crippen molar-refractivity contribution in [3.05, 3.63) is 53.2 Å².